The van der Waals surface area contributed by atoms with Crippen molar-refractivity contribution in [3.8, 4) is 0 Å². The zero-order valence-corrected chi connectivity index (χ0v) is 12.7. The normalized spacial score (nSPS) is 21.0. The fourth-order valence-electron chi connectivity index (χ4n) is 3.27. The first-order chi connectivity index (χ1) is 10.2. The van der Waals surface area contributed by atoms with E-state index in [9.17, 15) is 0 Å². The molecule has 0 bridgehead atoms. The predicted octanol–water partition coefficient (Wildman–Crippen LogP) is 2.97. The van der Waals surface area contributed by atoms with Gasteiger partial charge in [-0.15, -0.1) is 0 Å². The lowest BCUT2D eigenvalue weighted by Crippen LogP contribution is -2.54. The van der Waals surface area contributed by atoms with Gasteiger partial charge in [0.1, 0.15) is 0 Å². The third-order valence-corrected chi connectivity index (χ3v) is 4.66. The summed E-state index contributed by atoms with van der Waals surface area (Å²) in [6.07, 6.45) is 3.27. The van der Waals surface area contributed by atoms with E-state index in [1.54, 1.807) is 0 Å². The van der Waals surface area contributed by atoms with Gasteiger partial charge < -0.3 is 11.1 Å². The number of aryl methyl sites for hydroxylation is 2. The molecular formula is C19H24N2. The molecule has 2 aromatic rings. The molecule has 2 nitrogen and oxygen atoms in total. The molecule has 1 atom stereocenters. The first-order valence-corrected chi connectivity index (χ1v) is 7.78. The molecule has 0 heterocycles. The summed E-state index contributed by atoms with van der Waals surface area (Å²) in [5.41, 5.74) is 11.8. The number of nitrogens with two attached hydrogens (primary N) is 1. The quantitative estimate of drug-likeness (QED) is 0.903. The molecule has 1 aliphatic carbocycles. The molecule has 3 N–H and O–H groups in total. The van der Waals surface area contributed by atoms with Crippen molar-refractivity contribution in [3.63, 3.8) is 0 Å². The molecule has 0 saturated carbocycles. The molecule has 0 fully saturated rings. The highest BCUT2D eigenvalue weighted by atomic mass is 15.0. The first kappa shape index (κ1) is 14.3. The topological polar surface area (TPSA) is 38.0 Å². The molecule has 1 unspecified atom stereocenters. The van der Waals surface area contributed by atoms with Crippen molar-refractivity contribution < 1.29 is 0 Å². The minimum absolute atomic E-state index is 0.0398. The highest BCUT2D eigenvalue weighted by Crippen LogP contribution is 2.29. The zero-order valence-electron chi connectivity index (χ0n) is 12.7. The smallest absolute Gasteiger partial charge is 0.0350 e. The molecule has 1 aliphatic rings. The fraction of sp³-hybridized carbons (Fsp3) is 0.368. The van der Waals surface area contributed by atoms with Crippen molar-refractivity contribution in [3.05, 3.63) is 70.8 Å². The van der Waals surface area contributed by atoms with Crippen molar-refractivity contribution in [1.29, 1.82) is 0 Å². The predicted molar refractivity (Wildman–Crippen MR) is 88.3 cm³/mol. The van der Waals surface area contributed by atoms with Crippen LogP contribution in [0.1, 0.15) is 28.7 Å². The third kappa shape index (κ3) is 3.17. The largest absolute Gasteiger partial charge is 0.329 e. The lowest BCUT2D eigenvalue weighted by molar-refractivity contribution is 0.291. The summed E-state index contributed by atoms with van der Waals surface area (Å²) < 4.78 is 0. The van der Waals surface area contributed by atoms with Gasteiger partial charge >= 0.3 is 0 Å². The average molecular weight is 280 g/mol. The van der Waals surface area contributed by atoms with Crippen molar-refractivity contribution >= 4 is 0 Å². The first-order valence-electron chi connectivity index (χ1n) is 7.78. The molecule has 0 spiro atoms. The van der Waals surface area contributed by atoms with E-state index >= 15 is 0 Å². The Morgan fingerprint density at radius 1 is 1.10 bits per heavy atom. The number of hydrogen-bond donors (Lipinski definition) is 2. The monoisotopic (exact) mass is 280 g/mol. The van der Waals surface area contributed by atoms with E-state index in [2.05, 4.69) is 60.8 Å². The van der Waals surface area contributed by atoms with Gasteiger partial charge in [0.15, 0.2) is 0 Å². The second-order valence-electron chi connectivity index (χ2n) is 6.27. The summed E-state index contributed by atoms with van der Waals surface area (Å²) in [7, 11) is 0. The number of fused-ring (bicyclic) bond motifs is 1. The summed E-state index contributed by atoms with van der Waals surface area (Å²) in [5, 5.41) is 3.73. The molecule has 0 aliphatic heterocycles. The van der Waals surface area contributed by atoms with Crippen molar-refractivity contribution in [2.45, 2.75) is 38.3 Å². The van der Waals surface area contributed by atoms with Crippen LogP contribution in [0.25, 0.3) is 0 Å². The van der Waals surface area contributed by atoms with Crippen molar-refractivity contribution in [2.75, 3.05) is 6.54 Å². The maximum atomic E-state index is 6.13. The average Bonchev–Trinajstić information content (AvgIpc) is 2.54. The Labute approximate surface area is 127 Å². The molecule has 3 rings (SSSR count). The summed E-state index contributed by atoms with van der Waals surface area (Å²) >= 11 is 0. The van der Waals surface area contributed by atoms with E-state index in [0.29, 0.717) is 6.54 Å². The highest BCUT2D eigenvalue weighted by molar-refractivity contribution is 5.36. The Morgan fingerprint density at radius 3 is 2.67 bits per heavy atom. The van der Waals surface area contributed by atoms with Gasteiger partial charge in [0.25, 0.3) is 0 Å². The second kappa shape index (κ2) is 6.00. The van der Waals surface area contributed by atoms with E-state index in [-0.39, 0.29) is 5.54 Å². The van der Waals surface area contributed by atoms with E-state index in [1.165, 1.54) is 22.3 Å². The Hall–Kier alpha value is -1.64. The number of rotatable bonds is 4. The minimum atomic E-state index is 0.0398. The maximum Gasteiger partial charge on any atom is 0.0350 e. The number of nitrogens with one attached hydrogen (secondary N) is 1. The van der Waals surface area contributed by atoms with Crippen LogP contribution in [0.3, 0.4) is 0 Å². The van der Waals surface area contributed by atoms with Gasteiger partial charge in [0, 0.05) is 18.6 Å². The van der Waals surface area contributed by atoms with Crippen LogP contribution >= 0.6 is 0 Å². The maximum absolute atomic E-state index is 6.13. The zero-order chi connectivity index (χ0) is 14.7. The van der Waals surface area contributed by atoms with Gasteiger partial charge in [-0.3, -0.25) is 0 Å². The molecule has 0 amide bonds. The van der Waals surface area contributed by atoms with E-state index in [4.69, 9.17) is 5.73 Å². The molecule has 0 radical (unpaired) electrons. The number of hydrogen-bond acceptors (Lipinski definition) is 2. The van der Waals surface area contributed by atoms with Gasteiger partial charge in [-0.2, -0.15) is 0 Å². The standard InChI is InChI=1S/C19H24N2/c1-15-7-8-18-12-19(14-20,10-9-17(18)11-15)21-13-16-5-3-2-4-6-16/h2-8,11,21H,9-10,12-14,20H2,1H3. The Morgan fingerprint density at radius 2 is 1.90 bits per heavy atom. The van der Waals surface area contributed by atoms with Gasteiger partial charge in [0.2, 0.25) is 0 Å². The molecule has 110 valence electrons. The van der Waals surface area contributed by atoms with Gasteiger partial charge in [0.05, 0.1) is 0 Å². The van der Waals surface area contributed by atoms with Crippen LogP contribution in [0, 0.1) is 6.92 Å². The lowest BCUT2D eigenvalue weighted by atomic mass is 9.77. The molecule has 2 aromatic carbocycles. The summed E-state index contributed by atoms with van der Waals surface area (Å²) in [6, 6.07) is 17.4. The van der Waals surface area contributed by atoms with Crippen molar-refractivity contribution in [2.24, 2.45) is 5.73 Å². The molecular weight excluding hydrogens is 256 g/mol. The Bertz CT molecular complexity index is 606. The minimum Gasteiger partial charge on any atom is -0.329 e. The molecule has 0 aromatic heterocycles. The third-order valence-electron chi connectivity index (χ3n) is 4.66. The molecule has 2 heteroatoms. The molecule has 21 heavy (non-hydrogen) atoms. The summed E-state index contributed by atoms with van der Waals surface area (Å²) in [5.74, 6) is 0. The fourth-order valence-corrected chi connectivity index (χ4v) is 3.27. The van der Waals surface area contributed by atoms with Crippen LogP contribution in [-0.4, -0.2) is 12.1 Å². The molecule has 0 saturated heterocycles. The van der Waals surface area contributed by atoms with Gasteiger partial charge in [-0.1, -0.05) is 54.1 Å². The van der Waals surface area contributed by atoms with E-state index < -0.39 is 0 Å². The van der Waals surface area contributed by atoms with Crippen LogP contribution in [0.4, 0.5) is 0 Å². The van der Waals surface area contributed by atoms with Gasteiger partial charge in [-0.05, 0) is 42.9 Å². The van der Waals surface area contributed by atoms with Crippen LogP contribution in [0.2, 0.25) is 0 Å². The second-order valence-corrected chi connectivity index (χ2v) is 6.27. The summed E-state index contributed by atoms with van der Waals surface area (Å²) in [4.78, 5) is 0. The van der Waals surface area contributed by atoms with Crippen molar-refractivity contribution in [1.82, 2.24) is 5.32 Å². The van der Waals surface area contributed by atoms with E-state index in [1.807, 2.05) is 0 Å². The van der Waals surface area contributed by atoms with Crippen LogP contribution < -0.4 is 11.1 Å². The van der Waals surface area contributed by atoms with Crippen LogP contribution in [0.5, 0.6) is 0 Å². The van der Waals surface area contributed by atoms with Gasteiger partial charge in [-0.25, -0.2) is 0 Å². The Balaban J connectivity index is 1.74. The summed E-state index contributed by atoms with van der Waals surface area (Å²) in [6.45, 7) is 3.74. The Kier molecular flexibility index (Phi) is 4.09. The van der Waals surface area contributed by atoms with Crippen LogP contribution in [0.15, 0.2) is 48.5 Å². The van der Waals surface area contributed by atoms with E-state index in [0.717, 1.165) is 25.8 Å². The highest BCUT2D eigenvalue weighted by Gasteiger charge is 2.32. The SMILES string of the molecule is Cc1ccc2c(c1)CCC(CN)(NCc1ccccc1)C2. The number of benzene rings is 2. The van der Waals surface area contributed by atoms with Crippen LogP contribution in [-0.2, 0) is 19.4 Å². The lowest BCUT2D eigenvalue weighted by Gasteiger charge is -2.38.